The van der Waals surface area contributed by atoms with E-state index in [1.807, 2.05) is 0 Å². The molecule has 0 saturated heterocycles. The van der Waals surface area contributed by atoms with Gasteiger partial charge >= 0.3 is 0 Å². The van der Waals surface area contributed by atoms with Crippen molar-refractivity contribution in [2.24, 2.45) is 0 Å². The van der Waals surface area contributed by atoms with Crippen LogP contribution in [0, 0.1) is 5.82 Å². The van der Waals surface area contributed by atoms with Crippen LogP contribution < -0.4 is 10.1 Å². The van der Waals surface area contributed by atoms with E-state index >= 15 is 0 Å². The molecule has 0 bridgehead atoms. The quantitative estimate of drug-likeness (QED) is 0.819. The highest BCUT2D eigenvalue weighted by molar-refractivity contribution is 5.34. The van der Waals surface area contributed by atoms with Gasteiger partial charge in [0, 0.05) is 18.2 Å². The van der Waals surface area contributed by atoms with Gasteiger partial charge in [-0.2, -0.15) is 0 Å². The van der Waals surface area contributed by atoms with Gasteiger partial charge in [-0.3, -0.25) is 0 Å². The fourth-order valence-electron chi connectivity index (χ4n) is 2.90. The Labute approximate surface area is 125 Å². The van der Waals surface area contributed by atoms with Crippen LogP contribution in [-0.4, -0.2) is 23.4 Å². The first-order valence-electron chi connectivity index (χ1n) is 8.09. The maximum atomic E-state index is 13.5. The minimum absolute atomic E-state index is 0.169. The zero-order valence-electron chi connectivity index (χ0n) is 12.4. The van der Waals surface area contributed by atoms with Gasteiger partial charge in [-0.1, -0.05) is 12.8 Å². The minimum Gasteiger partial charge on any atom is -0.487 e. The second kappa shape index (κ2) is 6.75. The molecule has 21 heavy (non-hydrogen) atoms. The van der Waals surface area contributed by atoms with Crippen molar-refractivity contribution in [3.05, 3.63) is 29.6 Å². The van der Waals surface area contributed by atoms with Gasteiger partial charge < -0.3 is 15.2 Å². The number of rotatable bonds is 5. The molecule has 2 aliphatic rings. The molecule has 1 aromatic carbocycles. The second-order valence-electron chi connectivity index (χ2n) is 6.27. The molecule has 3 rings (SSSR count). The molecule has 2 fully saturated rings. The number of ether oxygens (including phenoxy) is 1. The van der Waals surface area contributed by atoms with Crippen molar-refractivity contribution in [3.63, 3.8) is 0 Å². The van der Waals surface area contributed by atoms with Crippen LogP contribution in [0.2, 0.25) is 0 Å². The van der Waals surface area contributed by atoms with Gasteiger partial charge in [0.15, 0.2) is 0 Å². The molecule has 4 heteroatoms. The van der Waals surface area contributed by atoms with E-state index in [-0.39, 0.29) is 11.9 Å². The molecule has 0 heterocycles. The lowest BCUT2D eigenvalue weighted by molar-refractivity contribution is 0.0313. The fourth-order valence-corrected chi connectivity index (χ4v) is 2.90. The van der Waals surface area contributed by atoms with E-state index in [0.29, 0.717) is 18.3 Å². The van der Waals surface area contributed by atoms with E-state index in [0.717, 1.165) is 37.7 Å². The summed E-state index contributed by atoms with van der Waals surface area (Å²) in [7, 11) is 0. The largest absolute Gasteiger partial charge is 0.487 e. The third-order valence-electron chi connectivity index (χ3n) is 4.38. The van der Waals surface area contributed by atoms with Crippen LogP contribution in [0.1, 0.15) is 50.5 Å². The topological polar surface area (TPSA) is 41.5 Å². The van der Waals surface area contributed by atoms with Crippen molar-refractivity contribution in [2.75, 3.05) is 0 Å². The summed E-state index contributed by atoms with van der Waals surface area (Å²) < 4.78 is 19.5. The Bertz CT molecular complexity index is 476. The number of halogens is 1. The van der Waals surface area contributed by atoms with E-state index in [1.165, 1.54) is 25.0 Å². The second-order valence-corrected chi connectivity index (χ2v) is 6.27. The highest BCUT2D eigenvalue weighted by atomic mass is 19.1. The number of aliphatic hydroxyl groups is 1. The van der Waals surface area contributed by atoms with Crippen LogP contribution in [0.3, 0.4) is 0 Å². The maximum Gasteiger partial charge on any atom is 0.124 e. The first-order valence-corrected chi connectivity index (χ1v) is 8.09. The monoisotopic (exact) mass is 293 g/mol. The lowest BCUT2D eigenvalue weighted by Crippen LogP contribution is -2.31. The van der Waals surface area contributed by atoms with E-state index in [4.69, 9.17) is 4.74 Å². The third kappa shape index (κ3) is 4.17. The van der Waals surface area contributed by atoms with Gasteiger partial charge in [0.2, 0.25) is 0 Å². The molecule has 2 unspecified atom stereocenters. The third-order valence-corrected chi connectivity index (χ3v) is 4.38. The van der Waals surface area contributed by atoms with Gasteiger partial charge in [0.25, 0.3) is 0 Å². The number of hydrogen-bond donors (Lipinski definition) is 2. The van der Waals surface area contributed by atoms with Crippen molar-refractivity contribution in [1.82, 2.24) is 5.32 Å². The first-order chi connectivity index (χ1) is 10.2. The highest BCUT2D eigenvalue weighted by Crippen LogP contribution is 2.27. The molecule has 116 valence electrons. The molecular formula is C17H24FNO2. The average molecular weight is 293 g/mol. The minimum atomic E-state index is -0.415. The van der Waals surface area contributed by atoms with E-state index in [1.54, 1.807) is 6.07 Å². The van der Waals surface area contributed by atoms with Gasteiger partial charge in [-0.15, -0.1) is 0 Å². The number of benzene rings is 1. The van der Waals surface area contributed by atoms with Crippen molar-refractivity contribution in [3.8, 4) is 5.75 Å². The molecular weight excluding hydrogens is 269 g/mol. The Hall–Kier alpha value is -1.13. The summed E-state index contributed by atoms with van der Waals surface area (Å²) in [5.74, 6) is 0.465. The van der Waals surface area contributed by atoms with Gasteiger partial charge in [-0.25, -0.2) is 4.39 Å². The van der Waals surface area contributed by atoms with Crippen molar-refractivity contribution >= 4 is 0 Å². The predicted octanol–water partition coefficient (Wildman–Crippen LogP) is 3.15. The molecule has 0 aromatic heterocycles. The van der Waals surface area contributed by atoms with Crippen molar-refractivity contribution in [2.45, 2.75) is 69.7 Å². The summed E-state index contributed by atoms with van der Waals surface area (Å²) in [4.78, 5) is 0. The Kier molecular flexibility index (Phi) is 4.76. The van der Waals surface area contributed by atoms with Crippen LogP contribution >= 0.6 is 0 Å². The molecule has 3 nitrogen and oxygen atoms in total. The molecule has 2 atom stereocenters. The van der Waals surface area contributed by atoms with E-state index < -0.39 is 6.10 Å². The van der Waals surface area contributed by atoms with Gasteiger partial charge in [-0.05, 0) is 50.3 Å². The lowest BCUT2D eigenvalue weighted by Gasteiger charge is -2.23. The summed E-state index contributed by atoms with van der Waals surface area (Å²) in [6, 6.07) is 5.23. The standard InChI is InChI=1S/C17H24FNO2/c18-13-6-9-16(12(10-13)11-19-14-7-8-14)21-17-5-3-1-2-4-15(17)20/h6,9-10,14-15,17,19-20H,1-5,7-8,11H2. The first kappa shape index (κ1) is 14.8. The number of nitrogens with one attached hydrogen (secondary N) is 1. The molecule has 0 aliphatic heterocycles. The summed E-state index contributed by atoms with van der Waals surface area (Å²) in [5, 5.41) is 13.6. The molecule has 2 N–H and O–H groups in total. The Morgan fingerprint density at radius 1 is 1.14 bits per heavy atom. The van der Waals surface area contributed by atoms with Gasteiger partial charge in [0.1, 0.15) is 17.7 Å². The van der Waals surface area contributed by atoms with E-state index in [9.17, 15) is 9.50 Å². The van der Waals surface area contributed by atoms with Crippen molar-refractivity contribution in [1.29, 1.82) is 0 Å². The van der Waals surface area contributed by atoms with E-state index in [2.05, 4.69) is 5.32 Å². The molecule has 0 amide bonds. The summed E-state index contributed by atoms with van der Waals surface area (Å²) >= 11 is 0. The molecule has 1 aromatic rings. The zero-order valence-corrected chi connectivity index (χ0v) is 12.4. The predicted molar refractivity (Wildman–Crippen MR) is 79.8 cm³/mol. The number of aliphatic hydroxyl groups excluding tert-OH is 1. The Morgan fingerprint density at radius 3 is 2.76 bits per heavy atom. The highest BCUT2D eigenvalue weighted by Gasteiger charge is 2.25. The van der Waals surface area contributed by atoms with Crippen LogP contribution in [0.15, 0.2) is 18.2 Å². The summed E-state index contributed by atoms with van der Waals surface area (Å²) in [5.41, 5.74) is 0.846. The smallest absolute Gasteiger partial charge is 0.124 e. The van der Waals surface area contributed by atoms with Crippen LogP contribution in [0.5, 0.6) is 5.75 Å². The van der Waals surface area contributed by atoms with Gasteiger partial charge in [0.05, 0.1) is 6.10 Å². The Morgan fingerprint density at radius 2 is 1.95 bits per heavy atom. The van der Waals surface area contributed by atoms with Crippen molar-refractivity contribution < 1.29 is 14.2 Å². The SMILES string of the molecule is OC1CCCCCC1Oc1ccc(F)cc1CNC1CC1. The molecule has 2 aliphatic carbocycles. The molecule has 0 spiro atoms. The van der Waals surface area contributed by atoms with Crippen LogP contribution in [0.25, 0.3) is 0 Å². The average Bonchev–Trinajstić information content (AvgIpc) is 3.29. The molecule has 0 radical (unpaired) electrons. The summed E-state index contributed by atoms with van der Waals surface area (Å²) in [6.07, 6.45) is 6.77. The maximum absolute atomic E-state index is 13.5. The zero-order chi connectivity index (χ0) is 14.7. The normalized spacial score (nSPS) is 26.4. The molecule has 2 saturated carbocycles. The fraction of sp³-hybridized carbons (Fsp3) is 0.647. The summed E-state index contributed by atoms with van der Waals surface area (Å²) in [6.45, 7) is 0.626. The lowest BCUT2D eigenvalue weighted by atomic mass is 10.1. The van der Waals surface area contributed by atoms with Crippen LogP contribution in [0.4, 0.5) is 4.39 Å². The van der Waals surface area contributed by atoms with Crippen LogP contribution in [-0.2, 0) is 6.54 Å². The Balaban J connectivity index is 1.69. The number of hydrogen-bond acceptors (Lipinski definition) is 3.